The van der Waals surface area contributed by atoms with Gasteiger partial charge in [-0.2, -0.15) is 0 Å². The summed E-state index contributed by atoms with van der Waals surface area (Å²) in [6.07, 6.45) is 0. The Morgan fingerprint density at radius 2 is 1.87 bits per heavy atom. The van der Waals surface area contributed by atoms with Crippen molar-refractivity contribution < 1.29 is 9.18 Å². The molecule has 1 saturated heterocycles. The Hall–Kier alpha value is -2.77. The maximum Gasteiger partial charge on any atom is 0.293 e. The lowest BCUT2D eigenvalue weighted by atomic mass is 9.95. The quantitative estimate of drug-likeness (QED) is 0.688. The SMILES string of the molecule is CC(C)c1nc(C(=O)N2C[C@@H](N)[C@H](c3ccccc3)C2)nn1-c1cccc(F)c1.Cl. The fraction of sp³-hybridized carbons (Fsp3) is 0.318. The van der Waals surface area contributed by atoms with Gasteiger partial charge in [-0.15, -0.1) is 17.5 Å². The molecule has 1 aliphatic rings. The second-order valence-corrected chi connectivity index (χ2v) is 7.73. The van der Waals surface area contributed by atoms with Gasteiger partial charge in [-0.05, 0) is 23.8 Å². The van der Waals surface area contributed by atoms with Crippen molar-refractivity contribution in [3.05, 3.63) is 77.6 Å². The van der Waals surface area contributed by atoms with Crippen molar-refractivity contribution in [2.24, 2.45) is 5.73 Å². The lowest BCUT2D eigenvalue weighted by Gasteiger charge is -2.14. The van der Waals surface area contributed by atoms with Crippen molar-refractivity contribution in [1.82, 2.24) is 19.7 Å². The first-order chi connectivity index (χ1) is 13.9. The molecule has 4 rings (SSSR count). The first-order valence-electron chi connectivity index (χ1n) is 9.76. The van der Waals surface area contributed by atoms with Gasteiger partial charge in [-0.1, -0.05) is 50.2 Å². The number of hydrogen-bond donors (Lipinski definition) is 1. The number of likely N-dealkylation sites (tertiary alicyclic amines) is 1. The normalized spacial score (nSPS) is 18.5. The Labute approximate surface area is 181 Å². The summed E-state index contributed by atoms with van der Waals surface area (Å²) in [5.74, 6) is 0.203. The van der Waals surface area contributed by atoms with Gasteiger partial charge in [-0.25, -0.2) is 14.1 Å². The lowest BCUT2D eigenvalue weighted by molar-refractivity contribution is 0.0777. The van der Waals surface area contributed by atoms with E-state index in [-0.39, 0.29) is 47.8 Å². The van der Waals surface area contributed by atoms with Gasteiger partial charge in [0.2, 0.25) is 5.82 Å². The molecule has 0 saturated carbocycles. The van der Waals surface area contributed by atoms with Gasteiger partial charge in [0, 0.05) is 31.0 Å². The molecule has 1 amide bonds. The highest BCUT2D eigenvalue weighted by molar-refractivity contribution is 5.91. The van der Waals surface area contributed by atoms with Crippen LogP contribution in [0.4, 0.5) is 4.39 Å². The van der Waals surface area contributed by atoms with Gasteiger partial charge in [0.15, 0.2) is 0 Å². The van der Waals surface area contributed by atoms with Gasteiger partial charge in [0.1, 0.15) is 11.6 Å². The molecule has 2 heterocycles. The summed E-state index contributed by atoms with van der Waals surface area (Å²) in [4.78, 5) is 19.3. The molecule has 0 unspecified atom stereocenters. The molecule has 158 valence electrons. The molecule has 3 aromatic rings. The minimum absolute atomic E-state index is 0. The highest BCUT2D eigenvalue weighted by atomic mass is 35.5. The zero-order chi connectivity index (χ0) is 20.5. The Kier molecular flexibility index (Phi) is 6.53. The maximum atomic E-state index is 13.7. The minimum Gasteiger partial charge on any atom is -0.334 e. The van der Waals surface area contributed by atoms with Crippen LogP contribution >= 0.6 is 12.4 Å². The fourth-order valence-electron chi connectivity index (χ4n) is 3.78. The summed E-state index contributed by atoms with van der Waals surface area (Å²) in [5.41, 5.74) is 7.99. The highest BCUT2D eigenvalue weighted by Gasteiger charge is 2.36. The fourth-order valence-corrected chi connectivity index (χ4v) is 3.78. The molecule has 0 radical (unpaired) electrons. The topological polar surface area (TPSA) is 77.0 Å². The Morgan fingerprint density at radius 3 is 2.53 bits per heavy atom. The number of rotatable bonds is 4. The third kappa shape index (κ3) is 4.22. The van der Waals surface area contributed by atoms with Crippen LogP contribution in [0.5, 0.6) is 0 Å². The van der Waals surface area contributed by atoms with Crippen LogP contribution in [0.2, 0.25) is 0 Å². The zero-order valence-electron chi connectivity index (χ0n) is 16.9. The first-order valence-corrected chi connectivity index (χ1v) is 9.76. The molecule has 2 aromatic carbocycles. The van der Waals surface area contributed by atoms with E-state index < -0.39 is 0 Å². The molecule has 8 heteroatoms. The maximum absolute atomic E-state index is 13.7. The zero-order valence-corrected chi connectivity index (χ0v) is 17.7. The van der Waals surface area contributed by atoms with Crippen molar-refractivity contribution in [1.29, 1.82) is 0 Å². The van der Waals surface area contributed by atoms with Crippen LogP contribution in [0.1, 0.15) is 47.7 Å². The number of carbonyl (C=O) groups excluding carboxylic acids is 1. The first kappa shape index (κ1) is 21.9. The van der Waals surface area contributed by atoms with Crippen LogP contribution in [0.25, 0.3) is 5.69 Å². The largest absolute Gasteiger partial charge is 0.334 e. The highest BCUT2D eigenvalue weighted by Crippen LogP contribution is 2.27. The molecule has 1 aliphatic heterocycles. The van der Waals surface area contributed by atoms with Crippen LogP contribution in [-0.4, -0.2) is 44.7 Å². The standard InChI is InChI=1S/C22H24FN5O.ClH/c1-14(2)21-25-20(26-28(21)17-10-6-9-16(23)11-17)22(29)27-12-18(19(24)13-27)15-7-4-3-5-8-15;/h3-11,14,18-19H,12-13,24H2,1-2H3;1H/t18-,19+;/m0./s1. The van der Waals surface area contributed by atoms with Crippen molar-refractivity contribution in [2.75, 3.05) is 13.1 Å². The summed E-state index contributed by atoms with van der Waals surface area (Å²) in [6, 6.07) is 16.0. The molecule has 0 aliphatic carbocycles. The Morgan fingerprint density at radius 1 is 1.13 bits per heavy atom. The van der Waals surface area contributed by atoms with Crippen LogP contribution < -0.4 is 5.73 Å². The second kappa shape index (κ2) is 8.93. The summed E-state index contributed by atoms with van der Waals surface area (Å²) < 4.78 is 15.2. The molecule has 0 bridgehead atoms. The van der Waals surface area contributed by atoms with Crippen molar-refractivity contribution >= 4 is 18.3 Å². The van der Waals surface area contributed by atoms with E-state index >= 15 is 0 Å². The molecule has 30 heavy (non-hydrogen) atoms. The summed E-state index contributed by atoms with van der Waals surface area (Å²) >= 11 is 0. The number of amides is 1. The molecular weight excluding hydrogens is 405 g/mol. The molecule has 2 atom stereocenters. The monoisotopic (exact) mass is 429 g/mol. The van der Waals surface area contributed by atoms with E-state index in [9.17, 15) is 9.18 Å². The molecule has 1 fully saturated rings. The van der Waals surface area contributed by atoms with E-state index in [2.05, 4.69) is 10.1 Å². The van der Waals surface area contributed by atoms with Gasteiger partial charge in [0.25, 0.3) is 5.91 Å². The predicted octanol–water partition coefficient (Wildman–Crippen LogP) is 3.52. The Balaban J connectivity index is 0.00000256. The van der Waals surface area contributed by atoms with Crippen LogP contribution in [0.15, 0.2) is 54.6 Å². The molecule has 6 nitrogen and oxygen atoms in total. The van der Waals surface area contributed by atoms with Crippen LogP contribution in [0.3, 0.4) is 0 Å². The predicted molar refractivity (Wildman–Crippen MR) is 116 cm³/mol. The van der Waals surface area contributed by atoms with E-state index in [1.165, 1.54) is 12.1 Å². The van der Waals surface area contributed by atoms with E-state index in [0.717, 1.165) is 5.56 Å². The number of aromatic nitrogens is 3. The van der Waals surface area contributed by atoms with Crippen molar-refractivity contribution in [2.45, 2.75) is 31.7 Å². The minimum atomic E-state index is -0.364. The number of hydrogen-bond acceptors (Lipinski definition) is 4. The van der Waals surface area contributed by atoms with Gasteiger partial charge in [0.05, 0.1) is 5.69 Å². The number of halogens is 2. The number of nitrogens with two attached hydrogens (primary N) is 1. The Bertz CT molecular complexity index is 1020. The summed E-state index contributed by atoms with van der Waals surface area (Å²) in [5, 5.41) is 4.42. The lowest BCUT2D eigenvalue weighted by Crippen LogP contribution is -2.32. The van der Waals surface area contributed by atoms with E-state index in [4.69, 9.17) is 5.73 Å². The van der Waals surface area contributed by atoms with E-state index in [0.29, 0.717) is 24.6 Å². The van der Waals surface area contributed by atoms with E-state index in [1.54, 1.807) is 21.7 Å². The smallest absolute Gasteiger partial charge is 0.293 e. The molecule has 2 N–H and O–H groups in total. The number of benzene rings is 2. The van der Waals surface area contributed by atoms with E-state index in [1.807, 2.05) is 44.2 Å². The number of nitrogens with zero attached hydrogens (tertiary/aromatic N) is 4. The summed E-state index contributed by atoms with van der Waals surface area (Å²) in [7, 11) is 0. The molecular formula is C22H25ClFN5O. The van der Waals surface area contributed by atoms with Gasteiger partial charge in [-0.3, -0.25) is 4.79 Å². The third-order valence-corrected chi connectivity index (χ3v) is 5.27. The number of carbonyl (C=O) groups is 1. The average Bonchev–Trinajstić information content (AvgIpc) is 3.32. The van der Waals surface area contributed by atoms with Crippen LogP contribution in [-0.2, 0) is 0 Å². The van der Waals surface area contributed by atoms with Gasteiger partial charge >= 0.3 is 0 Å². The van der Waals surface area contributed by atoms with Crippen LogP contribution in [0, 0.1) is 5.82 Å². The third-order valence-electron chi connectivity index (χ3n) is 5.27. The van der Waals surface area contributed by atoms with Crippen molar-refractivity contribution in [3.8, 4) is 5.69 Å². The van der Waals surface area contributed by atoms with Crippen molar-refractivity contribution in [3.63, 3.8) is 0 Å². The second-order valence-electron chi connectivity index (χ2n) is 7.73. The molecule has 0 spiro atoms. The summed E-state index contributed by atoms with van der Waals surface area (Å²) in [6.45, 7) is 4.90. The van der Waals surface area contributed by atoms with Gasteiger partial charge < -0.3 is 10.6 Å². The molecule has 1 aromatic heterocycles. The average molecular weight is 430 g/mol.